The van der Waals surface area contributed by atoms with Gasteiger partial charge in [-0.05, 0) is 32.0 Å². The Kier molecular flexibility index (Phi) is 9.27. The summed E-state index contributed by atoms with van der Waals surface area (Å²) in [7, 11) is 0. The minimum Gasteiger partial charge on any atom is -0.407 e. The molecule has 0 saturated heterocycles. The average molecular weight is 270 g/mol. The van der Waals surface area contributed by atoms with Crippen molar-refractivity contribution in [2.75, 3.05) is 6.61 Å². The number of nitrogens with zero attached hydrogens (tertiary/aromatic N) is 1. The lowest BCUT2D eigenvalue weighted by molar-refractivity contribution is 0.228. The largest absolute Gasteiger partial charge is 0.494 e. The maximum atomic E-state index is 6.24. The summed E-state index contributed by atoms with van der Waals surface area (Å²) in [6.07, 6.45) is 2.61. The van der Waals surface area contributed by atoms with E-state index in [1.54, 1.807) is 0 Å². The van der Waals surface area contributed by atoms with Gasteiger partial charge in [-0.3, -0.25) is 4.81 Å². The third-order valence-electron chi connectivity index (χ3n) is 2.37. The van der Waals surface area contributed by atoms with Crippen LogP contribution in [0, 0.1) is 11.8 Å². The normalized spacial score (nSPS) is 10.6. The molecule has 0 aliphatic heterocycles. The highest BCUT2D eigenvalue weighted by Gasteiger charge is 2.27. The van der Waals surface area contributed by atoms with Crippen LogP contribution in [0.5, 0.6) is 0 Å². The Balaban J connectivity index is 4.04. The first kappa shape index (κ1) is 17.6. The molecule has 0 aromatic heterocycles. The fourth-order valence-electron chi connectivity index (χ4n) is 1.63. The second kappa shape index (κ2) is 9.50. The van der Waals surface area contributed by atoms with Crippen LogP contribution in [0.3, 0.4) is 0 Å². The first-order valence-electron chi connectivity index (χ1n) is 6.51. The van der Waals surface area contributed by atoms with E-state index in [2.05, 4.69) is 44.3 Å². The van der Waals surface area contributed by atoms with Gasteiger partial charge in [0.1, 0.15) is 0 Å². The first-order chi connectivity index (χ1) is 8.36. The van der Waals surface area contributed by atoms with E-state index < -0.39 is 0 Å². The molecule has 102 valence electrons. The minimum atomic E-state index is -0.379. The zero-order valence-electron chi connectivity index (χ0n) is 12.5. The van der Waals surface area contributed by atoms with Crippen molar-refractivity contribution < 1.29 is 4.65 Å². The predicted octanol–water partition coefficient (Wildman–Crippen LogP) is 3.71. The fraction of sp³-hybridized carbons (Fsp3) is 0.714. The van der Waals surface area contributed by atoms with E-state index in [4.69, 9.17) is 16.1 Å². The van der Waals surface area contributed by atoms with E-state index in [0.29, 0.717) is 25.1 Å². The number of hydrogen-bond donors (Lipinski definition) is 0. The maximum Gasteiger partial charge on any atom is 0.494 e. The van der Waals surface area contributed by atoms with Gasteiger partial charge in [-0.15, -0.1) is 11.5 Å². The highest BCUT2D eigenvalue weighted by atomic mass is 35.5. The molecule has 0 atom stereocenters. The molecule has 0 rings (SSSR count). The Morgan fingerprint density at radius 3 is 2.28 bits per heavy atom. The Morgan fingerprint density at radius 1 is 1.28 bits per heavy atom. The van der Waals surface area contributed by atoms with Crippen molar-refractivity contribution in [2.45, 2.75) is 60.0 Å². The van der Waals surface area contributed by atoms with E-state index >= 15 is 0 Å². The molecule has 0 aromatic rings. The summed E-state index contributed by atoms with van der Waals surface area (Å²) >= 11 is 6.24. The molecular weight excluding hydrogens is 244 g/mol. The molecule has 0 fully saturated rings. The van der Waals surface area contributed by atoms with Crippen LogP contribution in [0.25, 0.3) is 0 Å². The van der Waals surface area contributed by atoms with Crippen molar-refractivity contribution >= 4 is 17.9 Å². The number of allylic oxidation sites excluding steroid dienone is 2. The molecule has 0 N–H and O–H groups in total. The minimum absolute atomic E-state index is 0.365. The molecule has 0 bridgehead atoms. The lowest BCUT2D eigenvalue weighted by Crippen LogP contribution is -2.47. The fourth-order valence-corrected chi connectivity index (χ4v) is 2.17. The number of rotatable bonds is 6. The Labute approximate surface area is 118 Å². The first-order valence-corrected chi connectivity index (χ1v) is 6.94. The van der Waals surface area contributed by atoms with Crippen LogP contribution >= 0.6 is 11.5 Å². The van der Waals surface area contributed by atoms with Crippen molar-refractivity contribution in [2.24, 2.45) is 0 Å². The summed E-state index contributed by atoms with van der Waals surface area (Å²) in [4.78, 5) is 2.13. The summed E-state index contributed by atoms with van der Waals surface area (Å²) in [6, 6.07) is 0.730. The summed E-state index contributed by atoms with van der Waals surface area (Å²) in [6.45, 7) is 12.7. The zero-order valence-corrected chi connectivity index (χ0v) is 13.2. The molecule has 0 aliphatic carbocycles. The van der Waals surface area contributed by atoms with Crippen LogP contribution in [-0.2, 0) is 4.65 Å². The van der Waals surface area contributed by atoms with E-state index in [1.807, 2.05) is 19.9 Å². The van der Waals surface area contributed by atoms with Crippen molar-refractivity contribution in [3.63, 3.8) is 0 Å². The molecule has 0 aromatic carbocycles. The van der Waals surface area contributed by atoms with Gasteiger partial charge in [0.05, 0.1) is 0 Å². The second-order valence-electron chi connectivity index (χ2n) is 5.09. The third-order valence-corrected chi connectivity index (χ3v) is 2.72. The molecule has 18 heavy (non-hydrogen) atoms. The lowest BCUT2D eigenvalue weighted by atomic mass is 10.0. The van der Waals surface area contributed by atoms with Gasteiger partial charge >= 0.3 is 6.47 Å². The van der Waals surface area contributed by atoms with Crippen molar-refractivity contribution in [1.82, 2.24) is 4.81 Å². The van der Waals surface area contributed by atoms with Crippen LogP contribution in [0.4, 0.5) is 0 Å². The van der Waals surface area contributed by atoms with Gasteiger partial charge in [-0.25, -0.2) is 0 Å². The molecule has 0 spiro atoms. The van der Waals surface area contributed by atoms with Crippen LogP contribution < -0.4 is 0 Å². The topological polar surface area (TPSA) is 12.5 Å². The molecular formula is C14H25BClNO. The second-order valence-corrected chi connectivity index (χ2v) is 5.46. The van der Waals surface area contributed by atoms with E-state index in [0.717, 1.165) is 0 Å². The molecule has 0 heterocycles. The monoisotopic (exact) mass is 269 g/mol. The smallest absolute Gasteiger partial charge is 0.407 e. The average Bonchev–Trinajstić information content (AvgIpc) is 2.21. The lowest BCUT2D eigenvalue weighted by Gasteiger charge is -2.31. The quantitative estimate of drug-likeness (QED) is 0.414. The van der Waals surface area contributed by atoms with Gasteiger partial charge in [0.15, 0.2) is 0 Å². The molecule has 0 aliphatic rings. The zero-order chi connectivity index (χ0) is 14.1. The van der Waals surface area contributed by atoms with E-state index in [9.17, 15) is 0 Å². The number of hydrogen-bond acceptors (Lipinski definition) is 2. The summed E-state index contributed by atoms with van der Waals surface area (Å²) in [5, 5.41) is 0. The predicted molar refractivity (Wildman–Crippen MR) is 81.5 cm³/mol. The Bertz CT molecular complexity index is 305. The molecule has 0 amide bonds. The molecule has 2 nitrogen and oxygen atoms in total. The van der Waals surface area contributed by atoms with E-state index in [-0.39, 0.29) is 6.47 Å². The molecule has 0 radical (unpaired) electrons. The molecule has 0 unspecified atom stereocenters. The van der Waals surface area contributed by atoms with Gasteiger partial charge in [0.2, 0.25) is 0 Å². The highest BCUT2D eigenvalue weighted by Crippen LogP contribution is 2.11. The third kappa shape index (κ3) is 7.82. The van der Waals surface area contributed by atoms with Gasteiger partial charge in [-0.1, -0.05) is 45.1 Å². The standard InChI is InChI=1S/C14H25BClNO/c1-12(2)10-8-7-9-11-18-15(16)17(13(3)4)14(5)6/h10,13-14H,9,11H2,1-6H3. The van der Waals surface area contributed by atoms with Gasteiger partial charge in [0, 0.05) is 13.0 Å². The molecule has 0 saturated carbocycles. The van der Waals surface area contributed by atoms with E-state index in [1.165, 1.54) is 5.57 Å². The maximum absolute atomic E-state index is 6.24. The Hall–Kier alpha value is -0.425. The van der Waals surface area contributed by atoms with Gasteiger partial charge in [0.25, 0.3) is 0 Å². The Morgan fingerprint density at radius 2 is 1.83 bits per heavy atom. The van der Waals surface area contributed by atoms with Crippen LogP contribution in [0.1, 0.15) is 48.0 Å². The van der Waals surface area contributed by atoms with Crippen molar-refractivity contribution in [3.8, 4) is 11.8 Å². The summed E-state index contributed by atoms with van der Waals surface area (Å²) in [5.74, 6) is 6.03. The SMILES string of the molecule is CC(C)=CC#CCCOB(Cl)N(C(C)C)C(C)C. The number of halogens is 1. The summed E-state index contributed by atoms with van der Waals surface area (Å²) in [5.41, 5.74) is 1.21. The van der Waals surface area contributed by atoms with Crippen molar-refractivity contribution in [1.29, 1.82) is 0 Å². The van der Waals surface area contributed by atoms with Crippen LogP contribution in [0.2, 0.25) is 0 Å². The van der Waals surface area contributed by atoms with Crippen LogP contribution in [0.15, 0.2) is 11.6 Å². The van der Waals surface area contributed by atoms with Gasteiger partial charge in [-0.2, -0.15) is 0 Å². The highest BCUT2D eigenvalue weighted by molar-refractivity contribution is 7.01. The van der Waals surface area contributed by atoms with Crippen LogP contribution in [-0.4, -0.2) is 30.0 Å². The van der Waals surface area contributed by atoms with Crippen molar-refractivity contribution in [3.05, 3.63) is 11.6 Å². The summed E-state index contributed by atoms with van der Waals surface area (Å²) < 4.78 is 5.60. The van der Waals surface area contributed by atoms with Gasteiger partial charge < -0.3 is 4.65 Å². The molecule has 4 heteroatoms.